The van der Waals surface area contributed by atoms with E-state index in [1.54, 1.807) is 32.8 Å². The second-order valence-corrected chi connectivity index (χ2v) is 7.13. The van der Waals surface area contributed by atoms with Crippen molar-refractivity contribution in [2.24, 2.45) is 10.7 Å². The maximum atomic E-state index is 5.81. The average molecular weight is 422 g/mol. The summed E-state index contributed by atoms with van der Waals surface area (Å²) < 4.78 is 10.3. The van der Waals surface area contributed by atoms with Crippen molar-refractivity contribution in [2.75, 3.05) is 26.1 Å². The number of hydrogen-bond acceptors (Lipinski definition) is 9. The van der Waals surface area contributed by atoms with E-state index in [0.717, 1.165) is 27.7 Å². The normalized spacial score (nSPS) is 12.4. The Morgan fingerprint density at radius 1 is 1.13 bits per heavy atom. The molecule has 0 aromatic carbocycles. The van der Waals surface area contributed by atoms with E-state index in [9.17, 15) is 0 Å². The van der Waals surface area contributed by atoms with E-state index in [-0.39, 0.29) is 0 Å². The van der Waals surface area contributed by atoms with Gasteiger partial charge in [0.1, 0.15) is 5.82 Å². The lowest BCUT2D eigenvalue weighted by molar-refractivity contribution is -0.0936. The SMILES string of the molecule is COC(CN=CC(=CN)c1cnc2ccc(Nc3cc(C(C)C)cnn3)nc2c1)OC. The van der Waals surface area contributed by atoms with Crippen LogP contribution in [0.1, 0.15) is 30.9 Å². The molecule has 0 aliphatic rings. The molecule has 0 saturated heterocycles. The summed E-state index contributed by atoms with van der Waals surface area (Å²) in [4.78, 5) is 13.5. The zero-order valence-corrected chi connectivity index (χ0v) is 18.1. The summed E-state index contributed by atoms with van der Waals surface area (Å²) in [5, 5.41) is 11.4. The lowest BCUT2D eigenvalue weighted by atomic mass is 10.1. The molecule has 162 valence electrons. The van der Waals surface area contributed by atoms with Crippen LogP contribution in [0.2, 0.25) is 0 Å². The molecular formula is C22H27N7O2. The summed E-state index contributed by atoms with van der Waals surface area (Å²) in [7, 11) is 3.14. The standard InChI is InChI=1S/C22H27N7O2/c1-14(2)15-8-21(29-26-12-15)28-20-6-5-18-19(27-20)7-16(11-25-18)17(9-23)10-24-13-22(30-3)31-4/h5-12,14,22H,13,23H2,1-4H3,(H,27,28,29). The lowest BCUT2D eigenvalue weighted by Gasteiger charge is -2.10. The van der Waals surface area contributed by atoms with E-state index in [2.05, 4.69) is 44.3 Å². The van der Waals surface area contributed by atoms with Crippen LogP contribution in [0.4, 0.5) is 11.6 Å². The van der Waals surface area contributed by atoms with Crippen molar-refractivity contribution in [3.05, 3.63) is 54.0 Å². The van der Waals surface area contributed by atoms with Gasteiger partial charge in [-0.3, -0.25) is 9.98 Å². The van der Waals surface area contributed by atoms with Gasteiger partial charge in [0, 0.05) is 44.0 Å². The first kappa shape index (κ1) is 22.3. The van der Waals surface area contributed by atoms with E-state index in [4.69, 9.17) is 15.2 Å². The van der Waals surface area contributed by atoms with Gasteiger partial charge in [-0.1, -0.05) is 13.8 Å². The van der Waals surface area contributed by atoms with Crippen molar-refractivity contribution in [1.82, 2.24) is 20.2 Å². The fourth-order valence-corrected chi connectivity index (χ4v) is 2.82. The van der Waals surface area contributed by atoms with Gasteiger partial charge in [-0.2, -0.15) is 5.10 Å². The maximum absolute atomic E-state index is 5.81. The number of nitrogens with one attached hydrogen (secondary N) is 1. The molecule has 3 heterocycles. The van der Waals surface area contributed by atoms with Crippen LogP contribution in [0.5, 0.6) is 0 Å². The minimum Gasteiger partial charge on any atom is -0.404 e. The molecule has 9 nitrogen and oxygen atoms in total. The molecule has 0 radical (unpaired) electrons. The van der Waals surface area contributed by atoms with Gasteiger partial charge in [-0.25, -0.2) is 4.98 Å². The predicted octanol–water partition coefficient (Wildman–Crippen LogP) is 3.28. The first-order chi connectivity index (χ1) is 15.0. The van der Waals surface area contributed by atoms with Gasteiger partial charge in [0.2, 0.25) is 0 Å². The highest BCUT2D eigenvalue weighted by Gasteiger charge is 2.08. The lowest BCUT2D eigenvalue weighted by Crippen LogP contribution is -2.16. The molecule has 0 fully saturated rings. The summed E-state index contributed by atoms with van der Waals surface area (Å²) >= 11 is 0. The average Bonchev–Trinajstić information content (AvgIpc) is 2.79. The van der Waals surface area contributed by atoms with Gasteiger partial charge in [0.15, 0.2) is 12.1 Å². The second kappa shape index (κ2) is 10.6. The molecule has 3 aromatic rings. The molecule has 0 bridgehead atoms. The molecule has 0 spiro atoms. The Hall–Kier alpha value is -3.43. The summed E-state index contributed by atoms with van der Waals surface area (Å²) in [6.07, 6.45) is 6.25. The first-order valence-electron chi connectivity index (χ1n) is 9.88. The molecule has 0 aliphatic heterocycles. The van der Waals surface area contributed by atoms with Gasteiger partial charge in [0.05, 0.1) is 23.8 Å². The van der Waals surface area contributed by atoms with Crippen LogP contribution in [0.15, 0.2) is 47.9 Å². The number of aliphatic imine (C=N–C) groups is 1. The van der Waals surface area contributed by atoms with E-state index in [1.807, 2.05) is 24.3 Å². The number of nitrogens with zero attached hydrogens (tertiary/aromatic N) is 5. The fraction of sp³-hybridized carbons (Fsp3) is 0.318. The zero-order chi connectivity index (χ0) is 22.2. The summed E-state index contributed by atoms with van der Waals surface area (Å²) in [6.45, 7) is 4.58. The Labute approximate surface area is 181 Å². The van der Waals surface area contributed by atoms with Gasteiger partial charge in [-0.15, -0.1) is 5.10 Å². The molecule has 0 amide bonds. The van der Waals surface area contributed by atoms with Crippen LogP contribution in [-0.4, -0.2) is 53.4 Å². The molecule has 3 rings (SSSR count). The van der Waals surface area contributed by atoms with Gasteiger partial charge in [-0.05, 0) is 35.7 Å². The molecule has 31 heavy (non-hydrogen) atoms. The number of fused-ring (bicyclic) bond motifs is 1. The number of anilines is 2. The molecule has 0 saturated carbocycles. The Kier molecular flexibility index (Phi) is 7.58. The number of allylic oxidation sites excluding steroid dienone is 1. The third kappa shape index (κ3) is 5.80. The molecule has 0 aliphatic carbocycles. The predicted molar refractivity (Wildman–Crippen MR) is 122 cm³/mol. The molecule has 0 atom stereocenters. The van der Waals surface area contributed by atoms with Gasteiger partial charge >= 0.3 is 0 Å². The second-order valence-electron chi connectivity index (χ2n) is 7.13. The van der Waals surface area contributed by atoms with Gasteiger partial charge in [0.25, 0.3) is 0 Å². The van der Waals surface area contributed by atoms with Crippen LogP contribution in [0.25, 0.3) is 16.6 Å². The summed E-state index contributed by atoms with van der Waals surface area (Å²) in [6, 6.07) is 7.64. The minimum absolute atomic E-state index is 0.355. The van der Waals surface area contributed by atoms with Crippen molar-refractivity contribution < 1.29 is 9.47 Å². The number of methoxy groups -OCH3 is 2. The van der Waals surface area contributed by atoms with Crippen LogP contribution in [-0.2, 0) is 9.47 Å². The zero-order valence-electron chi connectivity index (χ0n) is 18.1. The molecule has 3 N–H and O–H groups in total. The van der Waals surface area contributed by atoms with Crippen molar-refractivity contribution >= 4 is 34.5 Å². The number of rotatable bonds is 9. The monoisotopic (exact) mass is 421 g/mol. The van der Waals surface area contributed by atoms with E-state index in [1.165, 1.54) is 6.20 Å². The highest BCUT2D eigenvalue weighted by molar-refractivity contribution is 6.10. The Bertz CT molecular complexity index is 1080. The van der Waals surface area contributed by atoms with Crippen LogP contribution < -0.4 is 11.1 Å². The minimum atomic E-state index is -0.405. The number of nitrogens with two attached hydrogens (primary N) is 1. The third-order valence-electron chi connectivity index (χ3n) is 4.66. The Morgan fingerprint density at radius 2 is 1.94 bits per heavy atom. The third-order valence-corrected chi connectivity index (χ3v) is 4.66. The van der Waals surface area contributed by atoms with E-state index >= 15 is 0 Å². The molecule has 9 heteroatoms. The highest BCUT2D eigenvalue weighted by Crippen LogP contribution is 2.21. The molecule has 3 aromatic heterocycles. The van der Waals surface area contributed by atoms with Crippen LogP contribution in [0, 0.1) is 0 Å². The fourth-order valence-electron chi connectivity index (χ4n) is 2.82. The van der Waals surface area contributed by atoms with Crippen molar-refractivity contribution in [3.8, 4) is 0 Å². The maximum Gasteiger partial charge on any atom is 0.176 e. The smallest absolute Gasteiger partial charge is 0.176 e. The Morgan fingerprint density at radius 3 is 2.65 bits per heavy atom. The van der Waals surface area contributed by atoms with Crippen molar-refractivity contribution in [3.63, 3.8) is 0 Å². The Balaban J connectivity index is 1.82. The van der Waals surface area contributed by atoms with Gasteiger partial charge < -0.3 is 20.5 Å². The quantitative estimate of drug-likeness (QED) is 0.399. The van der Waals surface area contributed by atoms with Crippen LogP contribution in [0.3, 0.4) is 0 Å². The summed E-state index contributed by atoms with van der Waals surface area (Å²) in [5.74, 6) is 1.65. The number of aromatic nitrogens is 4. The van der Waals surface area contributed by atoms with E-state index in [0.29, 0.717) is 24.1 Å². The number of ether oxygens (including phenoxy) is 2. The number of pyridine rings is 2. The van der Waals surface area contributed by atoms with Crippen molar-refractivity contribution in [1.29, 1.82) is 0 Å². The number of hydrogen-bond donors (Lipinski definition) is 2. The largest absolute Gasteiger partial charge is 0.404 e. The topological polar surface area (TPSA) is 120 Å². The molecule has 0 unspecified atom stereocenters. The van der Waals surface area contributed by atoms with Crippen molar-refractivity contribution in [2.45, 2.75) is 26.1 Å². The van der Waals surface area contributed by atoms with Crippen LogP contribution >= 0.6 is 0 Å². The highest BCUT2D eigenvalue weighted by atomic mass is 16.7. The first-order valence-corrected chi connectivity index (χ1v) is 9.88. The van der Waals surface area contributed by atoms with E-state index < -0.39 is 6.29 Å². The molecular weight excluding hydrogens is 394 g/mol. The summed E-state index contributed by atoms with van der Waals surface area (Å²) in [5.41, 5.74) is 9.92.